The van der Waals surface area contributed by atoms with Gasteiger partial charge in [-0.25, -0.2) is 0 Å². The minimum atomic E-state index is -0.0197. The van der Waals surface area contributed by atoms with Gasteiger partial charge in [-0.2, -0.15) is 0 Å². The number of anilines is 1. The van der Waals surface area contributed by atoms with E-state index in [0.29, 0.717) is 5.91 Å². The number of carbonyl (C=O) groups excluding carboxylic acids is 1. The Morgan fingerprint density at radius 3 is 2.37 bits per heavy atom. The summed E-state index contributed by atoms with van der Waals surface area (Å²) < 4.78 is 0. The number of nitrogens with one attached hydrogen (secondary N) is 1. The van der Waals surface area contributed by atoms with E-state index in [-0.39, 0.29) is 6.04 Å². The zero-order valence-corrected chi connectivity index (χ0v) is 18.9. The number of hydrogen-bond donors (Lipinski definition) is 1. The summed E-state index contributed by atoms with van der Waals surface area (Å²) in [5, 5.41) is 3.51. The van der Waals surface area contributed by atoms with Crippen LogP contribution in [-0.2, 0) is 4.79 Å². The minimum Gasteiger partial charge on any atom is -0.375 e. The molecule has 1 amide bonds. The average Bonchev–Trinajstić information content (AvgIpc) is 3.34. The van der Waals surface area contributed by atoms with Crippen LogP contribution in [0.5, 0.6) is 0 Å². The van der Waals surface area contributed by atoms with Crippen LogP contribution in [0.4, 0.5) is 5.69 Å². The van der Waals surface area contributed by atoms with Crippen molar-refractivity contribution in [1.29, 1.82) is 0 Å². The van der Waals surface area contributed by atoms with Gasteiger partial charge in [-0.3, -0.25) is 14.7 Å². The lowest BCUT2D eigenvalue weighted by atomic mass is 10.2. The Bertz CT molecular complexity index is 680. The van der Waals surface area contributed by atoms with Crippen molar-refractivity contribution in [1.82, 2.24) is 20.0 Å². The Balaban J connectivity index is 1.37. The molecule has 30 heavy (non-hydrogen) atoms. The number of carbonyl (C=O) groups is 1. The summed E-state index contributed by atoms with van der Waals surface area (Å²) >= 11 is 0. The molecule has 0 aliphatic carbocycles. The van der Waals surface area contributed by atoms with Crippen LogP contribution in [-0.4, -0.2) is 99.1 Å². The Labute approximate surface area is 181 Å². The smallest absolute Gasteiger partial charge is 0.239 e. The third kappa shape index (κ3) is 5.88. The molecule has 3 rings (SSSR count). The van der Waals surface area contributed by atoms with Crippen LogP contribution in [0.3, 0.4) is 0 Å². The highest BCUT2D eigenvalue weighted by molar-refractivity contribution is 5.82. The molecule has 2 aliphatic heterocycles. The van der Waals surface area contributed by atoms with Gasteiger partial charge in [0.1, 0.15) is 0 Å². The molecular weight excluding hydrogens is 376 g/mol. The molecule has 7 nitrogen and oxygen atoms in total. The number of nitrogens with zero attached hydrogens (tertiary/aromatic N) is 5. The van der Waals surface area contributed by atoms with Crippen molar-refractivity contribution < 1.29 is 4.79 Å². The molecule has 1 aromatic carbocycles. The first-order valence-corrected chi connectivity index (χ1v) is 11.3. The van der Waals surface area contributed by atoms with E-state index in [9.17, 15) is 4.79 Å². The maximum Gasteiger partial charge on any atom is 0.239 e. The molecule has 1 aromatic rings. The van der Waals surface area contributed by atoms with Gasteiger partial charge in [-0.1, -0.05) is 18.2 Å². The highest BCUT2D eigenvalue weighted by Gasteiger charge is 2.30. The molecule has 1 unspecified atom stereocenters. The zero-order chi connectivity index (χ0) is 21.3. The van der Waals surface area contributed by atoms with Gasteiger partial charge in [0.2, 0.25) is 5.91 Å². The predicted octanol–water partition coefficient (Wildman–Crippen LogP) is 1.72. The Hall–Kier alpha value is -2.28. The summed E-state index contributed by atoms with van der Waals surface area (Å²) in [7, 11) is 3.98. The number of hydrogen-bond acceptors (Lipinski definition) is 4. The van der Waals surface area contributed by atoms with E-state index >= 15 is 0 Å². The zero-order valence-electron chi connectivity index (χ0n) is 18.9. The number of aliphatic imine (C=N–C) groups is 1. The van der Waals surface area contributed by atoms with Gasteiger partial charge >= 0.3 is 0 Å². The predicted molar refractivity (Wildman–Crippen MR) is 124 cm³/mol. The van der Waals surface area contributed by atoms with E-state index in [0.717, 1.165) is 77.6 Å². The van der Waals surface area contributed by atoms with Gasteiger partial charge in [0.05, 0.1) is 6.04 Å². The van der Waals surface area contributed by atoms with Crippen molar-refractivity contribution in [3.05, 3.63) is 30.3 Å². The maximum absolute atomic E-state index is 12.7. The summed E-state index contributed by atoms with van der Waals surface area (Å²) in [6, 6.07) is 10.5. The molecule has 7 heteroatoms. The SMILES string of the molecule is CN=C(NCCCN(C)c1ccccc1)N1CCN(C(C)C(=O)N2CCCC2)CC1. The van der Waals surface area contributed by atoms with Crippen LogP contribution in [0.2, 0.25) is 0 Å². The minimum absolute atomic E-state index is 0.0197. The lowest BCUT2D eigenvalue weighted by molar-refractivity contribution is -0.135. The fraction of sp³-hybridized carbons (Fsp3) is 0.652. The Morgan fingerprint density at radius 2 is 1.73 bits per heavy atom. The Morgan fingerprint density at radius 1 is 1.07 bits per heavy atom. The van der Waals surface area contributed by atoms with Crippen molar-refractivity contribution in [3.63, 3.8) is 0 Å². The third-order valence-electron chi connectivity index (χ3n) is 6.30. The largest absolute Gasteiger partial charge is 0.375 e. The van der Waals surface area contributed by atoms with Crippen LogP contribution in [0.25, 0.3) is 0 Å². The molecule has 2 aliphatic rings. The van der Waals surface area contributed by atoms with E-state index in [1.807, 2.05) is 18.0 Å². The van der Waals surface area contributed by atoms with Crippen molar-refractivity contribution in [3.8, 4) is 0 Å². The molecule has 0 bridgehead atoms. The second-order valence-corrected chi connectivity index (χ2v) is 8.32. The van der Waals surface area contributed by atoms with Crippen LogP contribution in [0.15, 0.2) is 35.3 Å². The van der Waals surface area contributed by atoms with Gasteiger partial charge in [0, 0.05) is 72.1 Å². The van der Waals surface area contributed by atoms with E-state index < -0.39 is 0 Å². The number of rotatable bonds is 7. The second-order valence-electron chi connectivity index (χ2n) is 8.32. The van der Waals surface area contributed by atoms with E-state index in [2.05, 4.69) is 63.2 Å². The number of piperazine rings is 1. The van der Waals surface area contributed by atoms with Gasteiger partial charge in [0.15, 0.2) is 5.96 Å². The molecule has 2 heterocycles. The van der Waals surface area contributed by atoms with Crippen molar-refractivity contribution >= 4 is 17.6 Å². The molecular formula is C23H38N6O. The van der Waals surface area contributed by atoms with Gasteiger partial charge in [-0.15, -0.1) is 0 Å². The van der Waals surface area contributed by atoms with Crippen molar-refractivity contribution in [2.45, 2.75) is 32.2 Å². The van der Waals surface area contributed by atoms with Gasteiger partial charge < -0.3 is 20.0 Å². The van der Waals surface area contributed by atoms with E-state index in [1.165, 1.54) is 5.69 Å². The number of para-hydroxylation sites is 1. The number of amides is 1. The highest BCUT2D eigenvalue weighted by atomic mass is 16.2. The maximum atomic E-state index is 12.7. The average molecular weight is 415 g/mol. The number of guanidine groups is 1. The lowest BCUT2D eigenvalue weighted by Gasteiger charge is -2.39. The third-order valence-corrected chi connectivity index (χ3v) is 6.30. The molecule has 0 aromatic heterocycles. The number of likely N-dealkylation sites (tertiary alicyclic amines) is 1. The molecule has 1 N–H and O–H groups in total. The molecule has 1 atom stereocenters. The first-order valence-electron chi connectivity index (χ1n) is 11.3. The number of benzene rings is 1. The normalized spacial score (nSPS) is 19.1. The van der Waals surface area contributed by atoms with Crippen molar-refractivity contribution in [2.75, 3.05) is 71.4 Å². The van der Waals surface area contributed by atoms with E-state index in [4.69, 9.17) is 0 Å². The summed E-state index contributed by atoms with van der Waals surface area (Å²) in [6.45, 7) is 9.43. The standard InChI is InChI=1S/C23H38N6O/c1-20(22(30)28-14-7-8-15-28)27-16-18-29(19-17-27)23(24-2)25-12-9-13-26(3)21-10-5-4-6-11-21/h4-6,10-11,20H,7-9,12-19H2,1-3H3,(H,24,25). The van der Waals surface area contributed by atoms with Crippen LogP contribution >= 0.6 is 0 Å². The summed E-state index contributed by atoms with van der Waals surface area (Å²) in [6.07, 6.45) is 3.34. The fourth-order valence-electron chi connectivity index (χ4n) is 4.34. The summed E-state index contributed by atoms with van der Waals surface area (Å²) in [5.41, 5.74) is 1.25. The quantitative estimate of drug-likeness (QED) is 0.418. The topological polar surface area (TPSA) is 54.4 Å². The van der Waals surface area contributed by atoms with E-state index in [1.54, 1.807) is 0 Å². The summed E-state index contributed by atoms with van der Waals surface area (Å²) in [4.78, 5) is 26.1. The van der Waals surface area contributed by atoms with Gasteiger partial charge in [0.25, 0.3) is 0 Å². The molecule has 0 spiro atoms. The van der Waals surface area contributed by atoms with Crippen molar-refractivity contribution in [2.24, 2.45) is 4.99 Å². The molecule has 0 radical (unpaired) electrons. The lowest BCUT2D eigenvalue weighted by Crippen LogP contribution is -2.57. The van der Waals surface area contributed by atoms with Crippen LogP contribution < -0.4 is 10.2 Å². The van der Waals surface area contributed by atoms with Crippen LogP contribution in [0, 0.1) is 0 Å². The Kier molecular flexibility index (Phi) is 8.37. The molecule has 0 saturated carbocycles. The molecule has 2 fully saturated rings. The second kappa shape index (κ2) is 11.2. The first-order chi connectivity index (χ1) is 14.6. The molecule has 166 valence electrons. The van der Waals surface area contributed by atoms with Crippen LogP contribution in [0.1, 0.15) is 26.2 Å². The van der Waals surface area contributed by atoms with Gasteiger partial charge in [-0.05, 0) is 38.3 Å². The monoisotopic (exact) mass is 414 g/mol. The first kappa shape index (κ1) is 22.4. The highest BCUT2D eigenvalue weighted by Crippen LogP contribution is 2.14. The molecule has 2 saturated heterocycles. The fourth-order valence-corrected chi connectivity index (χ4v) is 4.34. The summed E-state index contributed by atoms with van der Waals surface area (Å²) in [5.74, 6) is 1.27.